The number of nitrogens with zero attached hydrogens (tertiary/aromatic N) is 3. The van der Waals surface area contributed by atoms with Crippen LogP contribution in [-0.4, -0.2) is 48.5 Å². The lowest BCUT2D eigenvalue weighted by molar-refractivity contribution is -0.146. The molecule has 0 aliphatic carbocycles. The number of carbonyl (C=O) groups excluding carboxylic acids is 2. The maximum atomic E-state index is 14.4. The summed E-state index contributed by atoms with van der Waals surface area (Å²) in [5, 5.41) is 16.0. The Labute approximate surface area is 247 Å². The number of benzene rings is 3. The fraction of sp³-hybridized carbons (Fsp3) is 0.364. The number of rotatable bonds is 7. The number of anilines is 2. The van der Waals surface area contributed by atoms with Crippen molar-refractivity contribution in [1.29, 1.82) is 0 Å². The first-order valence-corrected chi connectivity index (χ1v) is 17.6. The first-order chi connectivity index (χ1) is 20.1. The molecule has 218 valence electrons. The Morgan fingerprint density at radius 2 is 1.74 bits per heavy atom. The summed E-state index contributed by atoms with van der Waals surface area (Å²) in [4.78, 5) is 40.4. The average Bonchev–Trinajstić information content (AvgIpc) is 3.41. The maximum absolute atomic E-state index is 14.4. The standard InChI is InChI=1S/C33H37N3O5Si/c1-22-31(42(2,3)40)29(18-19-37)41-33(22)26-14-7-8-15-28(26)35(32(33)39)21-23-10-9-13-25(20-23)36-30(38)17-16-27(34-36)24-11-5-4-6-12-24/h4-15,20,22,29,31,37,40H,16-19,21H2,1-3H3/t22-,29+,31-,33+/m1/s1. The average molecular weight is 584 g/mol. The van der Waals surface area contributed by atoms with Gasteiger partial charge >= 0.3 is 0 Å². The van der Waals surface area contributed by atoms with E-state index >= 15 is 0 Å². The largest absolute Gasteiger partial charge is 0.432 e. The van der Waals surface area contributed by atoms with Crippen LogP contribution in [0.1, 0.15) is 42.9 Å². The highest BCUT2D eigenvalue weighted by atomic mass is 28.4. The fourth-order valence-electron chi connectivity index (χ4n) is 7.15. The lowest BCUT2D eigenvalue weighted by Crippen LogP contribution is -2.46. The summed E-state index contributed by atoms with van der Waals surface area (Å²) >= 11 is 0. The minimum absolute atomic E-state index is 0.0710. The van der Waals surface area contributed by atoms with E-state index in [4.69, 9.17) is 9.84 Å². The smallest absolute Gasteiger partial charge is 0.264 e. The maximum Gasteiger partial charge on any atom is 0.264 e. The third-order valence-corrected chi connectivity index (χ3v) is 11.4. The first-order valence-electron chi connectivity index (χ1n) is 14.6. The third-order valence-electron chi connectivity index (χ3n) is 8.94. The van der Waals surface area contributed by atoms with Crippen LogP contribution < -0.4 is 9.91 Å². The quantitative estimate of drug-likeness (QED) is 0.384. The molecule has 2 amide bonds. The Hall–Kier alpha value is -3.63. The van der Waals surface area contributed by atoms with Crippen LogP contribution >= 0.6 is 0 Å². The van der Waals surface area contributed by atoms with Gasteiger partial charge < -0.3 is 19.5 Å². The van der Waals surface area contributed by atoms with Gasteiger partial charge in [-0.15, -0.1) is 0 Å². The summed E-state index contributed by atoms with van der Waals surface area (Å²) in [5.74, 6) is -0.510. The van der Waals surface area contributed by atoms with Gasteiger partial charge in [-0.1, -0.05) is 67.6 Å². The number of aliphatic hydroxyl groups is 1. The highest BCUT2D eigenvalue weighted by Crippen LogP contribution is 2.59. The van der Waals surface area contributed by atoms with Gasteiger partial charge in [0, 0.05) is 36.5 Å². The van der Waals surface area contributed by atoms with Crippen molar-refractivity contribution in [3.8, 4) is 0 Å². The number of ether oxygens (including phenoxy) is 1. The molecule has 0 radical (unpaired) electrons. The molecule has 1 spiro atoms. The summed E-state index contributed by atoms with van der Waals surface area (Å²) in [6, 6.07) is 25.2. The van der Waals surface area contributed by atoms with Crippen molar-refractivity contribution in [2.24, 2.45) is 11.0 Å². The normalized spacial score (nSPS) is 25.7. The predicted molar refractivity (Wildman–Crippen MR) is 165 cm³/mol. The lowest BCUT2D eigenvalue weighted by Gasteiger charge is -2.32. The van der Waals surface area contributed by atoms with E-state index in [9.17, 15) is 19.5 Å². The van der Waals surface area contributed by atoms with Crippen molar-refractivity contribution in [3.05, 3.63) is 95.6 Å². The van der Waals surface area contributed by atoms with Crippen LogP contribution in [-0.2, 0) is 26.5 Å². The molecule has 2 N–H and O–H groups in total. The molecule has 9 heteroatoms. The van der Waals surface area contributed by atoms with Crippen LogP contribution in [0.15, 0.2) is 84.0 Å². The predicted octanol–water partition coefficient (Wildman–Crippen LogP) is 4.94. The SMILES string of the molecule is C[C@@H]1[C@@H]([Si](C)(C)O)[C@H](CCO)O[C@@]12C(=O)N(Cc1cccc(N3N=C(c4ccccc4)CCC3=O)c1)c1ccccc12. The molecule has 1 saturated heterocycles. The van der Waals surface area contributed by atoms with Crippen molar-refractivity contribution in [2.45, 2.75) is 63.1 Å². The Balaban J connectivity index is 1.33. The summed E-state index contributed by atoms with van der Waals surface area (Å²) in [5.41, 5.74) is 3.49. The molecule has 0 bridgehead atoms. The number of hydrazone groups is 1. The van der Waals surface area contributed by atoms with Crippen LogP contribution in [0.2, 0.25) is 18.6 Å². The third kappa shape index (κ3) is 4.70. The van der Waals surface area contributed by atoms with E-state index in [1.807, 2.05) is 98.9 Å². The lowest BCUT2D eigenvalue weighted by atomic mass is 9.82. The second-order valence-corrected chi connectivity index (χ2v) is 16.0. The molecule has 6 rings (SSSR count). The van der Waals surface area contributed by atoms with Crippen LogP contribution in [0.4, 0.5) is 11.4 Å². The molecule has 1 fully saturated rings. The molecule has 3 aliphatic heterocycles. The second-order valence-electron chi connectivity index (χ2n) is 12.1. The van der Waals surface area contributed by atoms with E-state index in [0.29, 0.717) is 24.9 Å². The molecule has 8 nitrogen and oxygen atoms in total. The van der Waals surface area contributed by atoms with E-state index < -0.39 is 20.0 Å². The van der Waals surface area contributed by atoms with Crippen molar-refractivity contribution in [1.82, 2.24) is 0 Å². The first kappa shape index (κ1) is 28.5. The van der Waals surface area contributed by atoms with Crippen LogP contribution in [0.25, 0.3) is 0 Å². The zero-order chi connectivity index (χ0) is 29.6. The molecule has 0 unspecified atom stereocenters. The van der Waals surface area contributed by atoms with Crippen molar-refractivity contribution in [3.63, 3.8) is 0 Å². The van der Waals surface area contributed by atoms with E-state index in [-0.39, 0.29) is 36.4 Å². The Morgan fingerprint density at radius 3 is 2.48 bits per heavy atom. The summed E-state index contributed by atoms with van der Waals surface area (Å²) < 4.78 is 6.65. The molecule has 42 heavy (non-hydrogen) atoms. The van der Waals surface area contributed by atoms with E-state index in [2.05, 4.69) is 0 Å². The molecule has 0 aromatic heterocycles. The number of amides is 2. The minimum Gasteiger partial charge on any atom is -0.432 e. The summed E-state index contributed by atoms with van der Waals surface area (Å²) in [7, 11) is -2.75. The monoisotopic (exact) mass is 583 g/mol. The molecular formula is C33H37N3O5Si. The molecular weight excluding hydrogens is 546 g/mol. The van der Waals surface area contributed by atoms with Crippen LogP contribution in [0.5, 0.6) is 0 Å². The van der Waals surface area contributed by atoms with E-state index in [0.717, 1.165) is 28.1 Å². The highest BCUT2D eigenvalue weighted by molar-refractivity contribution is 6.71. The highest BCUT2D eigenvalue weighted by Gasteiger charge is 2.66. The Bertz CT molecular complexity index is 1540. The number of fused-ring (bicyclic) bond motifs is 2. The molecule has 0 saturated carbocycles. The number of hydrogen-bond acceptors (Lipinski definition) is 6. The van der Waals surface area contributed by atoms with Gasteiger partial charge in [0.2, 0.25) is 5.91 Å². The molecule has 3 aliphatic rings. The molecule has 3 aromatic carbocycles. The van der Waals surface area contributed by atoms with Crippen LogP contribution in [0.3, 0.4) is 0 Å². The Kier molecular flexibility index (Phi) is 7.39. The van der Waals surface area contributed by atoms with Crippen molar-refractivity contribution < 1.29 is 24.2 Å². The number of carbonyl (C=O) groups is 2. The van der Waals surface area contributed by atoms with Gasteiger partial charge in [0.05, 0.1) is 29.7 Å². The van der Waals surface area contributed by atoms with Crippen LogP contribution in [0, 0.1) is 5.92 Å². The molecule has 3 heterocycles. The number of aliphatic hydroxyl groups excluding tert-OH is 1. The van der Waals surface area contributed by atoms with Gasteiger partial charge in [0.15, 0.2) is 13.9 Å². The van der Waals surface area contributed by atoms with Gasteiger partial charge in [-0.3, -0.25) is 9.59 Å². The zero-order valence-electron chi connectivity index (χ0n) is 24.2. The topological polar surface area (TPSA) is 103 Å². The number of hydrogen-bond donors (Lipinski definition) is 2. The number of para-hydroxylation sites is 1. The van der Waals surface area contributed by atoms with Crippen molar-refractivity contribution >= 4 is 37.2 Å². The Morgan fingerprint density at radius 1 is 1.00 bits per heavy atom. The van der Waals surface area contributed by atoms with Gasteiger partial charge in [-0.05, 0) is 48.8 Å². The van der Waals surface area contributed by atoms with E-state index in [1.165, 1.54) is 5.01 Å². The fourth-order valence-corrected chi connectivity index (χ4v) is 9.75. The van der Waals surface area contributed by atoms with Gasteiger partial charge in [-0.2, -0.15) is 5.10 Å². The molecule has 4 atom stereocenters. The van der Waals surface area contributed by atoms with Gasteiger partial charge in [0.1, 0.15) is 0 Å². The van der Waals surface area contributed by atoms with Crippen molar-refractivity contribution in [2.75, 3.05) is 16.5 Å². The molecule has 3 aromatic rings. The second kappa shape index (κ2) is 10.9. The zero-order valence-corrected chi connectivity index (χ0v) is 25.2. The summed E-state index contributed by atoms with van der Waals surface area (Å²) in [6.45, 7) is 5.96. The minimum atomic E-state index is -2.75. The summed E-state index contributed by atoms with van der Waals surface area (Å²) in [6.07, 6.45) is 0.901. The van der Waals surface area contributed by atoms with E-state index in [1.54, 1.807) is 4.90 Å². The van der Waals surface area contributed by atoms with Gasteiger partial charge in [-0.25, -0.2) is 5.01 Å². The van der Waals surface area contributed by atoms with Gasteiger partial charge in [0.25, 0.3) is 5.91 Å².